The van der Waals surface area contributed by atoms with Crippen molar-refractivity contribution in [3.63, 3.8) is 0 Å². The van der Waals surface area contributed by atoms with Gasteiger partial charge in [0.25, 0.3) is 11.6 Å². The van der Waals surface area contributed by atoms with Crippen LogP contribution in [0.1, 0.15) is 37.0 Å². The summed E-state index contributed by atoms with van der Waals surface area (Å²) in [7, 11) is 0. The molecule has 3 N–H and O–H groups in total. The molecule has 2 unspecified atom stereocenters. The number of anilines is 1. The summed E-state index contributed by atoms with van der Waals surface area (Å²) in [6.07, 6.45) is 1.83. The fourth-order valence-electron chi connectivity index (χ4n) is 2.82. The third-order valence-corrected chi connectivity index (χ3v) is 3.99. The first-order chi connectivity index (χ1) is 9.93. The summed E-state index contributed by atoms with van der Waals surface area (Å²) in [5.41, 5.74) is 2.78. The Hall–Kier alpha value is -2.15. The number of rotatable bonds is 3. The lowest BCUT2D eigenvalue weighted by Crippen LogP contribution is -2.44. The molecule has 7 nitrogen and oxygen atoms in total. The van der Waals surface area contributed by atoms with Gasteiger partial charge in [0.05, 0.1) is 4.92 Å². The summed E-state index contributed by atoms with van der Waals surface area (Å²) in [5.74, 6) is 5.58. The molecule has 2 rings (SSSR count). The number of nitro benzene ring substituents is 1. The lowest BCUT2D eigenvalue weighted by atomic mass is 9.92. The average Bonchev–Trinajstić information content (AvgIpc) is 2.45. The van der Waals surface area contributed by atoms with E-state index in [9.17, 15) is 14.9 Å². The molecule has 0 spiro atoms. The molecule has 0 saturated carbocycles. The summed E-state index contributed by atoms with van der Waals surface area (Å²) < 4.78 is 0. The first-order valence-electron chi connectivity index (χ1n) is 7.00. The first kappa shape index (κ1) is 15.2. The topological polar surface area (TPSA) is 102 Å². The maximum absolute atomic E-state index is 12.7. The Balaban J connectivity index is 2.35. The number of hydrogen-bond donors (Lipinski definition) is 2. The van der Waals surface area contributed by atoms with Gasteiger partial charge in [0.15, 0.2) is 0 Å². The minimum Gasteiger partial charge on any atom is -0.336 e. The number of nitro groups is 1. The molecule has 0 aromatic heterocycles. The number of carbonyl (C=O) groups is 1. The minimum absolute atomic E-state index is 0.0790. The van der Waals surface area contributed by atoms with E-state index in [2.05, 4.69) is 12.3 Å². The molecular weight excluding hydrogens is 272 g/mol. The number of nitrogens with one attached hydrogen (secondary N) is 1. The zero-order chi connectivity index (χ0) is 15.6. The van der Waals surface area contributed by atoms with Crippen LogP contribution in [0.15, 0.2) is 18.2 Å². The van der Waals surface area contributed by atoms with Gasteiger partial charge in [-0.25, -0.2) is 0 Å². The summed E-state index contributed by atoms with van der Waals surface area (Å²) in [5, 5.41) is 11.1. The number of likely N-dealkylation sites (tertiary alicyclic amines) is 1. The van der Waals surface area contributed by atoms with E-state index in [-0.39, 0.29) is 23.2 Å². The van der Waals surface area contributed by atoms with Crippen LogP contribution in [0, 0.1) is 16.0 Å². The monoisotopic (exact) mass is 292 g/mol. The summed E-state index contributed by atoms with van der Waals surface area (Å²) in [6.45, 7) is 4.75. The predicted octanol–water partition coefficient (Wildman–Crippen LogP) is 2.14. The van der Waals surface area contributed by atoms with Gasteiger partial charge in [0.1, 0.15) is 5.56 Å². The van der Waals surface area contributed by atoms with Crippen LogP contribution >= 0.6 is 0 Å². The van der Waals surface area contributed by atoms with Gasteiger partial charge in [-0.05, 0) is 37.8 Å². The van der Waals surface area contributed by atoms with Crippen molar-refractivity contribution in [1.82, 2.24) is 4.90 Å². The third-order valence-electron chi connectivity index (χ3n) is 3.99. The lowest BCUT2D eigenvalue weighted by Gasteiger charge is -2.36. The van der Waals surface area contributed by atoms with Crippen LogP contribution in [-0.4, -0.2) is 28.3 Å². The van der Waals surface area contributed by atoms with Gasteiger partial charge in [-0.2, -0.15) is 0 Å². The highest BCUT2D eigenvalue weighted by Crippen LogP contribution is 2.28. The van der Waals surface area contributed by atoms with Crippen LogP contribution in [0.25, 0.3) is 0 Å². The number of piperidine rings is 1. The Morgan fingerprint density at radius 1 is 1.48 bits per heavy atom. The van der Waals surface area contributed by atoms with Crippen LogP contribution in [0.3, 0.4) is 0 Å². The quantitative estimate of drug-likeness (QED) is 0.505. The Labute approximate surface area is 123 Å². The average molecular weight is 292 g/mol. The Morgan fingerprint density at radius 2 is 2.19 bits per heavy atom. The van der Waals surface area contributed by atoms with E-state index >= 15 is 0 Å². The molecule has 1 aromatic rings. The standard InChI is InChI=1S/C14H20N4O3/c1-9-5-6-17(10(2)7-9)14(19)12-8-11(16-15)3-4-13(12)18(20)21/h3-4,8-10,16H,5-7,15H2,1-2H3. The van der Waals surface area contributed by atoms with E-state index in [1.807, 2.05) is 6.92 Å². The molecule has 1 aromatic carbocycles. The molecule has 1 amide bonds. The normalized spacial score (nSPS) is 22.0. The molecule has 1 saturated heterocycles. The lowest BCUT2D eigenvalue weighted by molar-refractivity contribution is -0.385. The highest BCUT2D eigenvalue weighted by atomic mass is 16.6. The number of nitrogens with zero attached hydrogens (tertiary/aromatic N) is 2. The number of carbonyl (C=O) groups excluding carboxylic acids is 1. The van der Waals surface area contributed by atoms with E-state index in [1.54, 1.807) is 4.90 Å². The second kappa shape index (κ2) is 6.09. The van der Waals surface area contributed by atoms with Crippen molar-refractivity contribution in [2.45, 2.75) is 32.7 Å². The van der Waals surface area contributed by atoms with E-state index in [0.717, 1.165) is 12.8 Å². The van der Waals surface area contributed by atoms with Crippen LogP contribution in [0.5, 0.6) is 0 Å². The number of nitrogen functional groups attached to an aromatic ring is 1. The van der Waals surface area contributed by atoms with Crippen molar-refractivity contribution >= 4 is 17.3 Å². The molecular formula is C14H20N4O3. The van der Waals surface area contributed by atoms with Gasteiger partial charge in [0, 0.05) is 24.3 Å². The fraction of sp³-hybridized carbons (Fsp3) is 0.500. The maximum atomic E-state index is 12.7. The molecule has 2 atom stereocenters. The number of benzene rings is 1. The number of hydrogen-bond acceptors (Lipinski definition) is 5. The van der Waals surface area contributed by atoms with E-state index < -0.39 is 4.92 Å². The smallest absolute Gasteiger partial charge is 0.282 e. The largest absolute Gasteiger partial charge is 0.336 e. The van der Waals surface area contributed by atoms with Crippen molar-refractivity contribution in [3.05, 3.63) is 33.9 Å². The van der Waals surface area contributed by atoms with Gasteiger partial charge in [-0.3, -0.25) is 20.8 Å². The molecule has 1 aliphatic rings. The minimum atomic E-state index is -0.537. The van der Waals surface area contributed by atoms with Crippen molar-refractivity contribution < 1.29 is 9.72 Å². The third kappa shape index (κ3) is 3.13. The van der Waals surface area contributed by atoms with Crippen LogP contribution < -0.4 is 11.3 Å². The summed E-state index contributed by atoms with van der Waals surface area (Å²) in [4.78, 5) is 25.0. The summed E-state index contributed by atoms with van der Waals surface area (Å²) in [6, 6.07) is 4.30. The Morgan fingerprint density at radius 3 is 2.76 bits per heavy atom. The van der Waals surface area contributed by atoms with Crippen LogP contribution in [0.4, 0.5) is 11.4 Å². The van der Waals surface area contributed by atoms with Gasteiger partial charge in [-0.15, -0.1) is 0 Å². The molecule has 21 heavy (non-hydrogen) atoms. The molecule has 0 radical (unpaired) electrons. The zero-order valence-electron chi connectivity index (χ0n) is 12.2. The highest BCUT2D eigenvalue weighted by Gasteiger charge is 2.31. The molecule has 1 heterocycles. The first-order valence-corrected chi connectivity index (χ1v) is 7.00. The van der Waals surface area contributed by atoms with E-state index in [4.69, 9.17) is 5.84 Å². The fourth-order valence-corrected chi connectivity index (χ4v) is 2.82. The highest BCUT2D eigenvalue weighted by molar-refractivity contribution is 5.99. The van der Waals surface area contributed by atoms with Crippen molar-refractivity contribution in [2.75, 3.05) is 12.0 Å². The van der Waals surface area contributed by atoms with Gasteiger partial charge in [-0.1, -0.05) is 6.92 Å². The molecule has 0 bridgehead atoms. The maximum Gasteiger partial charge on any atom is 0.282 e. The molecule has 7 heteroatoms. The molecule has 0 aliphatic carbocycles. The zero-order valence-corrected chi connectivity index (χ0v) is 12.2. The van der Waals surface area contributed by atoms with Gasteiger partial charge >= 0.3 is 0 Å². The number of amides is 1. The van der Waals surface area contributed by atoms with Crippen LogP contribution in [0.2, 0.25) is 0 Å². The molecule has 114 valence electrons. The van der Waals surface area contributed by atoms with Gasteiger partial charge < -0.3 is 10.3 Å². The predicted molar refractivity (Wildman–Crippen MR) is 79.8 cm³/mol. The van der Waals surface area contributed by atoms with Gasteiger partial charge in [0.2, 0.25) is 0 Å². The summed E-state index contributed by atoms with van der Waals surface area (Å²) >= 11 is 0. The van der Waals surface area contributed by atoms with Crippen molar-refractivity contribution in [1.29, 1.82) is 0 Å². The second-order valence-electron chi connectivity index (χ2n) is 5.61. The molecule has 1 aliphatic heterocycles. The van der Waals surface area contributed by atoms with Crippen molar-refractivity contribution in [2.24, 2.45) is 11.8 Å². The molecule has 1 fully saturated rings. The van der Waals surface area contributed by atoms with Crippen molar-refractivity contribution in [3.8, 4) is 0 Å². The Bertz CT molecular complexity index is 561. The Kier molecular flexibility index (Phi) is 4.42. The number of nitrogens with two attached hydrogens (primary N) is 1. The number of hydrazine groups is 1. The second-order valence-corrected chi connectivity index (χ2v) is 5.61. The van der Waals surface area contributed by atoms with E-state index in [1.165, 1.54) is 18.2 Å². The van der Waals surface area contributed by atoms with E-state index in [0.29, 0.717) is 18.2 Å². The SMILES string of the molecule is CC1CCN(C(=O)c2cc(NN)ccc2[N+](=O)[O-])C(C)C1. The van der Waals surface area contributed by atoms with Crippen LogP contribution in [-0.2, 0) is 0 Å².